The molecule has 5 rings (SSSR count). The zero-order valence-corrected chi connectivity index (χ0v) is 21.7. The number of carboxylic acid groups (broad SMARTS) is 2. The fourth-order valence-corrected chi connectivity index (χ4v) is 9.36. The molecule has 0 saturated heterocycles. The topological polar surface area (TPSA) is 91.7 Å². The number of hydrogen-bond donors (Lipinski definition) is 2. The first-order chi connectivity index (χ1) is 16.4. The van der Waals surface area contributed by atoms with Gasteiger partial charge in [0.1, 0.15) is 0 Å². The van der Waals surface area contributed by atoms with Crippen molar-refractivity contribution in [3.05, 3.63) is 34.4 Å². The van der Waals surface area contributed by atoms with E-state index in [1.54, 1.807) is 0 Å². The maximum atomic E-state index is 13.4. The molecule has 0 aromatic rings. The molecule has 0 aliphatic heterocycles. The molecule has 2 bridgehead atoms. The molecular formula is C30H40O5. The van der Waals surface area contributed by atoms with Crippen molar-refractivity contribution in [3.63, 3.8) is 0 Å². The summed E-state index contributed by atoms with van der Waals surface area (Å²) in [6, 6.07) is 0. The molecule has 35 heavy (non-hydrogen) atoms. The van der Waals surface area contributed by atoms with Crippen LogP contribution >= 0.6 is 0 Å². The molecule has 5 aliphatic rings. The van der Waals surface area contributed by atoms with Gasteiger partial charge >= 0.3 is 11.9 Å². The number of allylic oxidation sites excluding steroid dienone is 4. The molecule has 5 heteroatoms. The van der Waals surface area contributed by atoms with Crippen LogP contribution in [0.2, 0.25) is 0 Å². The Balaban J connectivity index is 1.59. The monoisotopic (exact) mass is 480 g/mol. The van der Waals surface area contributed by atoms with Crippen molar-refractivity contribution in [1.29, 1.82) is 0 Å². The Morgan fingerprint density at radius 1 is 1.00 bits per heavy atom. The van der Waals surface area contributed by atoms with Crippen LogP contribution in [0.1, 0.15) is 85.5 Å². The van der Waals surface area contributed by atoms with E-state index in [2.05, 4.69) is 27.4 Å². The highest BCUT2D eigenvalue weighted by atomic mass is 16.4. The maximum Gasteiger partial charge on any atom is 0.331 e. The molecule has 2 fully saturated rings. The van der Waals surface area contributed by atoms with E-state index in [1.807, 2.05) is 6.92 Å². The van der Waals surface area contributed by atoms with E-state index in [0.717, 1.165) is 37.7 Å². The van der Waals surface area contributed by atoms with Crippen LogP contribution in [0.25, 0.3) is 0 Å². The zero-order chi connectivity index (χ0) is 25.4. The minimum Gasteiger partial charge on any atom is -0.481 e. The molecule has 0 unspecified atom stereocenters. The van der Waals surface area contributed by atoms with Gasteiger partial charge < -0.3 is 10.2 Å². The quantitative estimate of drug-likeness (QED) is 0.369. The van der Waals surface area contributed by atoms with Crippen molar-refractivity contribution in [1.82, 2.24) is 0 Å². The van der Waals surface area contributed by atoms with Gasteiger partial charge in [-0.1, -0.05) is 44.1 Å². The number of fused-ring (bicyclic) bond motifs is 5. The van der Waals surface area contributed by atoms with Gasteiger partial charge in [0.05, 0.1) is 5.41 Å². The molecule has 8 atom stereocenters. The van der Waals surface area contributed by atoms with E-state index in [1.165, 1.54) is 16.7 Å². The fourth-order valence-electron chi connectivity index (χ4n) is 9.36. The molecule has 0 heterocycles. The van der Waals surface area contributed by atoms with Gasteiger partial charge in [-0.2, -0.15) is 0 Å². The summed E-state index contributed by atoms with van der Waals surface area (Å²) in [5.74, 6) is -0.280. The maximum absolute atomic E-state index is 13.4. The first-order valence-electron chi connectivity index (χ1n) is 13.5. The summed E-state index contributed by atoms with van der Waals surface area (Å²) in [6.45, 7) is 12.5. The van der Waals surface area contributed by atoms with Gasteiger partial charge in [0.2, 0.25) is 0 Å². The first-order valence-corrected chi connectivity index (χ1v) is 13.5. The van der Waals surface area contributed by atoms with Crippen molar-refractivity contribution in [2.75, 3.05) is 0 Å². The highest BCUT2D eigenvalue weighted by molar-refractivity contribution is 5.98. The smallest absolute Gasteiger partial charge is 0.331 e. The van der Waals surface area contributed by atoms with Crippen LogP contribution in [0.3, 0.4) is 0 Å². The molecule has 190 valence electrons. The van der Waals surface area contributed by atoms with Crippen LogP contribution in [0.5, 0.6) is 0 Å². The summed E-state index contributed by atoms with van der Waals surface area (Å²) >= 11 is 0. The Hall–Kier alpha value is -2.17. The number of hydrogen-bond acceptors (Lipinski definition) is 3. The van der Waals surface area contributed by atoms with Gasteiger partial charge in [0.25, 0.3) is 0 Å². The lowest BCUT2D eigenvalue weighted by Crippen LogP contribution is -2.50. The molecule has 0 amide bonds. The lowest BCUT2D eigenvalue weighted by molar-refractivity contribution is -0.160. The molecular weight excluding hydrogens is 440 g/mol. The SMILES string of the molecule is C=C(C(=O)O)[C@@H]1CC[C@H](C)C2=C(C1)[C@]1(C)C[C@H]2C[C@@]1(C(=O)O)[C@@H]1CC[C@H](C)[C@@H]2CC(=O)C(C)=C2C1. The lowest BCUT2D eigenvalue weighted by Gasteiger charge is -2.49. The van der Waals surface area contributed by atoms with Gasteiger partial charge in [0.15, 0.2) is 5.78 Å². The molecule has 2 N–H and O–H groups in total. The van der Waals surface area contributed by atoms with Crippen LogP contribution in [-0.2, 0) is 14.4 Å². The van der Waals surface area contributed by atoms with Crippen molar-refractivity contribution in [2.45, 2.75) is 85.5 Å². The summed E-state index contributed by atoms with van der Waals surface area (Å²) in [5, 5.41) is 20.7. The summed E-state index contributed by atoms with van der Waals surface area (Å²) in [4.78, 5) is 37.8. The van der Waals surface area contributed by atoms with Crippen molar-refractivity contribution in [3.8, 4) is 0 Å². The normalized spacial score (nSPS) is 43.0. The third-order valence-electron chi connectivity index (χ3n) is 11.3. The second-order valence-corrected chi connectivity index (χ2v) is 12.7. The van der Waals surface area contributed by atoms with Crippen molar-refractivity contribution < 1.29 is 24.6 Å². The van der Waals surface area contributed by atoms with Gasteiger partial charge in [-0.05, 0) is 99.4 Å². The van der Waals surface area contributed by atoms with Gasteiger partial charge in [-0.15, -0.1) is 0 Å². The van der Waals surface area contributed by atoms with E-state index in [4.69, 9.17) is 0 Å². The molecule has 2 saturated carbocycles. The van der Waals surface area contributed by atoms with Crippen LogP contribution in [0.15, 0.2) is 34.4 Å². The summed E-state index contributed by atoms with van der Waals surface area (Å²) in [6.07, 6.45) is 7.00. The Labute approximate surface area is 208 Å². The number of carbonyl (C=O) groups excluding carboxylic acids is 1. The summed E-state index contributed by atoms with van der Waals surface area (Å²) in [5.41, 5.74) is 3.66. The molecule has 5 aliphatic carbocycles. The van der Waals surface area contributed by atoms with Gasteiger partial charge in [-0.3, -0.25) is 9.59 Å². The Bertz CT molecular complexity index is 1080. The Morgan fingerprint density at radius 3 is 2.37 bits per heavy atom. The van der Waals surface area contributed by atoms with Crippen molar-refractivity contribution in [2.24, 2.45) is 46.3 Å². The lowest BCUT2D eigenvalue weighted by atomic mass is 9.53. The zero-order valence-electron chi connectivity index (χ0n) is 21.7. The van der Waals surface area contributed by atoms with E-state index >= 15 is 0 Å². The number of ketones is 1. The molecule has 0 aromatic carbocycles. The average molecular weight is 481 g/mol. The summed E-state index contributed by atoms with van der Waals surface area (Å²) in [7, 11) is 0. The minimum atomic E-state index is -0.943. The predicted molar refractivity (Wildman–Crippen MR) is 134 cm³/mol. The number of rotatable bonds is 4. The third kappa shape index (κ3) is 3.29. The number of carbonyl (C=O) groups is 3. The van der Waals surface area contributed by atoms with E-state index < -0.39 is 22.8 Å². The van der Waals surface area contributed by atoms with Crippen LogP contribution in [0, 0.1) is 46.3 Å². The fraction of sp³-hybridized carbons (Fsp3) is 0.700. The number of Topliss-reactive ketones (excluding diaryl/α,β-unsaturated/α-hetero) is 1. The minimum absolute atomic E-state index is 0.00738. The second-order valence-electron chi connectivity index (χ2n) is 12.7. The highest BCUT2D eigenvalue weighted by Crippen LogP contribution is 2.73. The van der Waals surface area contributed by atoms with E-state index in [9.17, 15) is 24.6 Å². The first kappa shape index (κ1) is 24.5. The van der Waals surface area contributed by atoms with E-state index in [-0.39, 0.29) is 35.0 Å². The van der Waals surface area contributed by atoms with Gasteiger partial charge in [0, 0.05) is 17.4 Å². The van der Waals surface area contributed by atoms with Crippen LogP contribution in [-0.4, -0.2) is 27.9 Å². The van der Waals surface area contributed by atoms with Crippen LogP contribution < -0.4 is 0 Å². The number of aliphatic carboxylic acids is 2. The molecule has 0 radical (unpaired) electrons. The van der Waals surface area contributed by atoms with E-state index in [0.29, 0.717) is 37.5 Å². The Morgan fingerprint density at radius 2 is 1.71 bits per heavy atom. The molecule has 5 nitrogen and oxygen atoms in total. The molecule has 0 spiro atoms. The Kier molecular flexibility index (Phi) is 5.73. The van der Waals surface area contributed by atoms with Crippen LogP contribution in [0.4, 0.5) is 0 Å². The highest BCUT2D eigenvalue weighted by Gasteiger charge is 2.69. The second kappa shape index (κ2) is 8.18. The molecule has 0 aromatic heterocycles. The third-order valence-corrected chi connectivity index (χ3v) is 11.3. The van der Waals surface area contributed by atoms with Gasteiger partial charge in [-0.25, -0.2) is 4.79 Å². The number of carboxylic acids is 2. The summed E-state index contributed by atoms with van der Waals surface area (Å²) < 4.78 is 0. The standard InChI is InChI=1S/C30H40O5/c1-15-7-9-21(11-23-18(4)25(31)12-22(15)23)30(28(34)35)14-20-13-29(30,5)24-10-19(17(3)27(32)33)8-6-16(2)26(20)24/h15-16,19-22H,3,6-14H2,1-2,4-5H3,(H,32,33)(H,34,35)/t15-,16-,19+,20-,21+,22-,29-,30-/m0/s1. The predicted octanol–water partition coefficient (Wildman–Crippen LogP) is 6.20. The average Bonchev–Trinajstić information content (AvgIpc) is 3.25. The largest absolute Gasteiger partial charge is 0.481 e. The van der Waals surface area contributed by atoms with Crippen molar-refractivity contribution >= 4 is 17.7 Å².